The van der Waals surface area contributed by atoms with E-state index in [9.17, 15) is 15.3 Å². The fourth-order valence-electron chi connectivity index (χ4n) is 2.44. The summed E-state index contributed by atoms with van der Waals surface area (Å²) in [6.45, 7) is 1.59. The van der Waals surface area contributed by atoms with Crippen molar-refractivity contribution in [3.8, 4) is 0 Å². The van der Waals surface area contributed by atoms with Crippen LogP contribution in [0.3, 0.4) is 0 Å². The molecular formula is C12H17N5O4S. The Bertz CT molecular complexity index is 681. The smallest absolute Gasteiger partial charge is 0.223 e. The third-order valence-corrected chi connectivity index (χ3v) is 4.33. The Morgan fingerprint density at radius 3 is 2.77 bits per heavy atom. The van der Waals surface area contributed by atoms with Crippen LogP contribution in [0.1, 0.15) is 13.2 Å². The van der Waals surface area contributed by atoms with Crippen LogP contribution in [0.2, 0.25) is 0 Å². The van der Waals surface area contributed by atoms with Crippen LogP contribution in [-0.2, 0) is 4.74 Å². The summed E-state index contributed by atoms with van der Waals surface area (Å²) in [5, 5.41) is 29.8. The first-order valence-corrected chi connectivity index (χ1v) is 7.80. The maximum Gasteiger partial charge on any atom is 0.223 e. The molecule has 3 rings (SSSR count). The number of rotatable bonds is 4. The van der Waals surface area contributed by atoms with E-state index in [4.69, 9.17) is 10.5 Å². The van der Waals surface area contributed by atoms with Gasteiger partial charge < -0.3 is 25.8 Å². The van der Waals surface area contributed by atoms with Gasteiger partial charge in [-0.25, -0.2) is 9.97 Å². The second-order valence-corrected chi connectivity index (χ2v) is 6.13. The van der Waals surface area contributed by atoms with Crippen molar-refractivity contribution in [3.05, 3.63) is 6.33 Å². The van der Waals surface area contributed by atoms with Crippen LogP contribution < -0.4 is 5.73 Å². The average molecular weight is 327 g/mol. The molecule has 3 heterocycles. The zero-order chi connectivity index (χ0) is 15.9. The minimum Gasteiger partial charge on any atom is -0.394 e. The molecule has 10 heteroatoms. The second kappa shape index (κ2) is 5.97. The van der Waals surface area contributed by atoms with E-state index >= 15 is 0 Å². The molecule has 22 heavy (non-hydrogen) atoms. The first kappa shape index (κ1) is 15.4. The SMILES string of the molecule is CCSc1nc(N)nc2c1ncn2[C@H]1O[C@@H](CO)[C@@H](O)[C@@H]1O. The molecule has 0 aromatic carbocycles. The van der Waals surface area contributed by atoms with Gasteiger partial charge in [0, 0.05) is 0 Å². The van der Waals surface area contributed by atoms with Gasteiger partial charge in [0.05, 0.1) is 12.9 Å². The fraction of sp³-hybridized carbons (Fsp3) is 0.583. The minimum atomic E-state index is -1.20. The molecule has 0 radical (unpaired) electrons. The van der Waals surface area contributed by atoms with Gasteiger partial charge in [0.15, 0.2) is 11.9 Å². The molecule has 0 spiro atoms. The number of hydrogen-bond donors (Lipinski definition) is 4. The number of aliphatic hydroxyl groups is 3. The molecule has 0 bridgehead atoms. The van der Waals surface area contributed by atoms with Gasteiger partial charge in [0.25, 0.3) is 0 Å². The van der Waals surface area contributed by atoms with Gasteiger partial charge in [-0.2, -0.15) is 4.98 Å². The Morgan fingerprint density at radius 2 is 2.14 bits per heavy atom. The number of nitrogens with zero attached hydrogens (tertiary/aromatic N) is 4. The molecular weight excluding hydrogens is 310 g/mol. The Morgan fingerprint density at radius 1 is 1.36 bits per heavy atom. The van der Waals surface area contributed by atoms with Gasteiger partial charge in [-0.1, -0.05) is 6.92 Å². The van der Waals surface area contributed by atoms with Crippen LogP contribution in [0.15, 0.2) is 11.4 Å². The predicted molar refractivity (Wildman–Crippen MR) is 79.1 cm³/mol. The van der Waals surface area contributed by atoms with Crippen molar-refractivity contribution >= 4 is 28.9 Å². The molecule has 1 aliphatic rings. The van der Waals surface area contributed by atoms with Crippen LogP contribution in [0.25, 0.3) is 11.2 Å². The number of fused-ring (bicyclic) bond motifs is 1. The summed E-state index contributed by atoms with van der Waals surface area (Å²) in [5.41, 5.74) is 6.70. The van der Waals surface area contributed by atoms with Crippen LogP contribution in [0, 0.1) is 0 Å². The van der Waals surface area contributed by atoms with Crippen LogP contribution in [0.4, 0.5) is 5.95 Å². The van der Waals surface area contributed by atoms with Gasteiger partial charge in [-0.3, -0.25) is 4.57 Å². The molecule has 1 aliphatic heterocycles. The van der Waals surface area contributed by atoms with Crippen LogP contribution >= 0.6 is 11.8 Å². The monoisotopic (exact) mass is 327 g/mol. The topological polar surface area (TPSA) is 140 Å². The van der Waals surface area contributed by atoms with E-state index in [1.165, 1.54) is 22.7 Å². The number of hydrogen-bond acceptors (Lipinski definition) is 9. The molecule has 2 aromatic rings. The van der Waals surface area contributed by atoms with E-state index in [0.717, 1.165) is 5.75 Å². The van der Waals surface area contributed by atoms with Gasteiger partial charge >= 0.3 is 0 Å². The highest BCUT2D eigenvalue weighted by Gasteiger charge is 2.44. The molecule has 0 aliphatic carbocycles. The number of thioether (sulfide) groups is 1. The summed E-state index contributed by atoms with van der Waals surface area (Å²) in [7, 11) is 0. The van der Waals surface area contributed by atoms with Crippen molar-refractivity contribution in [3.63, 3.8) is 0 Å². The molecule has 4 atom stereocenters. The maximum atomic E-state index is 10.1. The van der Waals surface area contributed by atoms with Gasteiger partial charge in [0.2, 0.25) is 5.95 Å². The number of ether oxygens (including phenoxy) is 1. The van der Waals surface area contributed by atoms with Crippen molar-refractivity contribution in [2.75, 3.05) is 18.1 Å². The summed E-state index contributed by atoms with van der Waals surface area (Å²) < 4.78 is 6.99. The first-order chi connectivity index (χ1) is 10.6. The van der Waals surface area contributed by atoms with E-state index in [1.807, 2.05) is 6.92 Å². The average Bonchev–Trinajstić information content (AvgIpc) is 3.02. The normalized spacial score (nSPS) is 28.5. The highest BCUT2D eigenvalue weighted by molar-refractivity contribution is 7.99. The van der Waals surface area contributed by atoms with Crippen LogP contribution in [-0.4, -0.2) is 65.5 Å². The summed E-state index contributed by atoms with van der Waals surface area (Å²) in [6.07, 6.45) is -2.69. The maximum absolute atomic E-state index is 10.1. The quantitative estimate of drug-likeness (QED) is 0.417. The third-order valence-electron chi connectivity index (χ3n) is 3.48. The summed E-state index contributed by atoms with van der Waals surface area (Å²) in [6, 6.07) is 0. The molecule has 1 saturated heterocycles. The molecule has 1 fully saturated rings. The standard InChI is InChI=1S/C12H17N5O4S/c1-2-22-10-6-9(15-12(13)16-10)17(4-14-6)11-8(20)7(19)5(3-18)21-11/h4-5,7-8,11,18-20H,2-3H2,1H3,(H2,13,15,16)/t5-,7+,8-,11-/m0/s1. The lowest BCUT2D eigenvalue weighted by Crippen LogP contribution is -2.33. The molecule has 0 saturated carbocycles. The lowest BCUT2D eigenvalue weighted by Gasteiger charge is -2.16. The Hall–Kier alpha value is -1.46. The lowest BCUT2D eigenvalue weighted by molar-refractivity contribution is -0.0511. The molecule has 0 amide bonds. The Labute approximate surface area is 130 Å². The van der Waals surface area contributed by atoms with Crippen molar-refractivity contribution in [2.24, 2.45) is 0 Å². The predicted octanol–water partition coefficient (Wildman–Crippen LogP) is -0.868. The number of nitrogens with two attached hydrogens (primary N) is 1. The van der Waals surface area contributed by atoms with E-state index in [2.05, 4.69) is 15.0 Å². The number of aromatic nitrogens is 4. The van der Waals surface area contributed by atoms with Crippen molar-refractivity contribution in [1.82, 2.24) is 19.5 Å². The highest BCUT2D eigenvalue weighted by Crippen LogP contribution is 2.33. The molecule has 9 nitrogen and oxygen atoms in total. The zero-order valence-electron chi connectivity index (χ0n) is 11.8. The number of imidazole rings is 1. The van der Waals surface area contributed by atoms with E-state index in [1.54, 1.807) is 0 Å². The molecule has 0 unspecified atom stereocenters. The largest absolute Gasteiger partial charge is 0.394 e. The zero-order valence-corrected chi connectivity index (χ0v) is 12.6. The summed E-state index contributed by atoms with van der Waals surface area (Å²) in [5.74, 6) is 0.892. The minimum absolute atomic E-state index is 0.0944. The molecule has 120 valence electrons. The van der Waals surface area contributed by atoms with Crippen LogP contribution in [0.5, 0.6) is 0 Å². The first-order valence-electron chi connectivity index (χ1n) is 6.82. The number of anilines is 1. The van der Waals surface area contributed by atoms with Crippen molar-refractivity contribution < 1.29 is 20.1 Å². The summed E-state index contributed by atoms with van der Waals surface area (Å²) >= 11 is 1.48. The van der Waals surface area contributed by atoms with E-state index in [0.29, 0.717) is 16.2 Å². The van der Waals surface area contributed by atoms with E-state index in [-0.39, 0.29) is 5.95 Å². The third kappa shape index (κ3) is 2.42. The molecule has 5 N–H and O–H groups in total. The number of nitrogen functional groups attached to an aromatic ring is 1. The Kier molecular flexibility index (Phi) is 4.19. The highest BCUT2D eigenvalue weighted by atomic mass is 32.2. The van der Waals surface area contributed by atoms with Gasteiger partial charge in [-0.05, 0) is 5.75 Å². The van der Waals surface area contributed by atoms with E-state index < -0.39 is 31.1 Å². The number of aliphatic hydroxyl groups excluding tert-OH is 3. The van der Waals surface area contributed by atoms with Crippen molar-refractivity contribution in [1.29, 1.82) is 0 Å². The summed E-state index contributed by atoms with van der Waals surface area (Å²) in [4.78, 5) is 12.6. The van der Waals surface area contributed by atoms with Crippen molar-refractivity contribution in [2.45, 2.75) is 36.5 Å². The lowest BCUT2D eigenvalue weighted by atomic mass is 10.1. The fourth-order valence-corrected chi connectivity index (χ4v) is 3.15. The molecule has 2 aromatic heterocycles. The second-order valence-electron chi connectivity index (χ2n) is 4.87. The Balaban J connectivity index is 2.05. The van der Waals surface area contributed by atoms with Gasteiger partial charge in [-0.15, -0.1) is 11.8 Å². The van der Waals surface area contributed by atoms with Gasteiger partial charge in [0.1, 0.15) is 28.9 Å².